The summed E-state index contributed by atoms with van der Waals surface area (Å²) in [5, 5.41) is 5.22. The number of benzene rings is 1. The minimum absolute atomic E-state index is 0.664. The van der Waals surface area contributed by atoms with Gasteiger partial charge in [-0.25, -0.2) is 0 Å². The molecule has 2 nitrogen and oxygen atoms in total. The highest BCUT2D eigenvalue weighted by atomic mass is 79.9. The molecular formula is C15H21BrN2S. The first-order valence-corrected chi connectivity index (χ1v) is 8.60. The molecule has 0 aliphatic carbocycles. The molecule has 0 amide bonds. The van der Waals surface area contributed by atoms with Crippen molar-refractivity contribution >= 4 is 32.9 Å². The van der Waals surface area contributed by atoms with Crippen LogP contribution >= 0.6 is 27.7 Å². The molecule has 0 spiro atoms. The fourth-order valence-corrected chi connectivity index (χ4v) is 4.10. The number of halogens is 1. The Hall–Kier alpha value is -0.480. The van der Waals surface area contributed by atoms with E-state index >= 15 is 0 Å². The number of rotatable bonds is 5. The first kappa shape index (κ1) is 14.9. The van der Waals surface area contributed by atoms with Crippen LogP contribution in [0, 0.1) is 5.92 Å². The lowest BCUT2D eigenvalue weighted by Crippen LogP contribution is -2.21. The molecule has 19 heavy (non-hydrogen) atoms. The van der Waals surface area contributed by atoms with Gasteiger partial charge in [-0.3, -0.25) is 4.99 Å². The number of hydrogen-bond acceptors (Lipinski definition) is 3. The summed E-state index contributed by atoms with van der Waals surface area (Å²) in [7, 11) is 0. The Labute approximate surface area is 128 Å². The normalized spacial score (nSPS) is 18.7. The lowest BCUT2D eigenvalue weighted by Gasteiger charge is -2.18. The van der Waals surface area contributed by atoms with E-state index in [1.54, 1.807) is 0 Å². The van der Waals surface area contributed by atoms with Crippen molar-refractivity contribution in [2.24, 2.45) is 10.9 Å². The van der Waals surface area contributed by atoms with E-state index in [9.17, 15) is 0 Å². The molecule has 1 aromatic rings. The van der Waals surface area contributed by atoms with Gasteiger partial charge in [-0.1, -0.05) is 72.6 Å². The molecule has 1 heterocycles. The maximum atomic E-state index is 4.63. The van der Waals surface area contributed by atoms with Gasteiger partial charge >= 0.3 is 0 Å². The minimum Gasteiger partial charge on any atom is -0.361 e. The van der Waals surface area contributed by atoms with E-state index in [0.29, 0.717) is 5.25 Å². The Balaban J connectivity index is 1.84. The van der Waals surface area contributed by atoms with Crippen LogP contribution in [0.4, 0.5) is 0 Å². The van der Waals surface area contributed by atoms with E-state index in [1.807, 2.05) is 17.8 Å². The summed E-state index contributed by atoms with van der Waals surface area (Å²) in [6.07, 6.45) is 2.50. The molecule has 1 aromatic carbocycles. The summed E-state index contributed by atoms with van der Waals surface area (Å²) >= 11 is 5.49. The van der Waals surface area contributed by atoms with Crippen molar-refractivity contribution in [2.45, 2.75) is 38.5 Å². The fraction of sp³-hybridized carbons (Fsp3) is 0.533. The second kappa shape index (κ2) is 7.34. The van der Waals surface area contributed by atoms with Gasteiger partial charge in [0, 0.05) is 16.3 Å². The van der Waals surface area contributed by atoms with E-state index in [1.165, 1.54) is 18.4 Å². The van der Waals surface area contributed by atoms with Gasteiger partial charge in [0.05, 0.1) is 6.54 Å². The molecule has 2 rings (SSSR count). The van der Waals surface area contributed by atoms with Crippen molar-refractivity contribution in [2.75, 3.05) is 6.54 Å². The summed E-state index contributed by atoms with van der Waals surface area (Å²) in [6.45, 7) is 6.36. The van der Waals surface area contributed by atoms with Crippen LogP contribution in [0.3, 0.4) is 0 Å². The Morgan fingerprint density at radius 2 is 2.11 bits per heavy atom. The third-order valence-corrected chi connectivity index (χ3v) is 5.75. The number of nitrogens with one attached hydrogen (secondary N) is 1. The molecule has 0 fully saturated rings. The van der Waals surface area contributed by atoms with Crippen LogP contribution in [0.15, 0.2) is 33.7 Å². The molecule has 1 atom stereocenters. The maximum Gasteiger partial charge on any atom is 0.157 e. The highest BCUT2D eigenvalue weighted by Gasteiger charge is 2.25. The van der Waals surface area contributed by atoms with Gasteiger partial charge in [0.25, 0.3) is 0 Å². The molecule has 0 bridgehead atoms. The average molecular weight is 341 g/mol. The third-order valence-electron chi connectivity index (χ3n) is 3.64. The topological polar surface area (TPSA) is 24.4 Å². The van der Waals surface area contributed by atoms with E-state index in [2.05, 4.69) is 58.3 Å². The Kier molecular flexibility index (Phi) is 5.76. The fourth-order valence-electron chi connectivity index (χ4n) is 2.36. The van der Waals surface area contributed by atoms with Crippen molar-refractivity contribution in [1.29, 1.82) is 0 Å². The molecule has 4 heteroatoms. The first-order chi connectivity index (χ1) is 9.24. The summed E-state index contributed by atoms with van der Waals surface area (Å²) in [6, 6.07) is 8.32. The molecule has 0 saturated heterocycles. The second-order valence-corrected chi connectivity index (χ2v) is 6.91. The molecule has 1 aliphatic heterocycles. The maximum absolute atomic E-state index is 4.63. The van der Waals surface area contributed by atoms with Gasteiger partial charge in [0.15, 0.2) is 5.17 Å². The lowest BCUT2D eigenvalue weighted by molar-refractivity contribution is 0.479. The van der Waals surface area contributed by atoms with Gasteiger partial charge < -0.3 is 5.32 Å². The molecule has 104 valence electrons. The van der Waals surface area contributed by atoms with Gasteiger partial charge in [-0.2, -0.15) is 0 Å². The molecule has 0 radical (unpaired) electrons. The molecule has 0 aromatic heterocycles. The highest BCUT2D eigenvalue weighted by Crippen LogP contribution is 2.30. The van der Waals surface area contributed by atoms with Crippen molar-refractivity contribution in [1.82, 2.24) is 5.32 Å². The number of hydrogen-bond donors (Lipinski definition) is 1. The monoisotopic (exact) mass is 340 g/mol. The second-order valence-electron chi connectivity index (χ2n) is 4.82. The molecule has 1 N–H and O–H groups in total. The summed E-state index contributed by atoms with van der Waals surface area (Å²) in [5.41, 5.74) is 1.27. The highest BCUT2D eigenvalue weighted by molar-refractivity contribution is 9.10. The van der Waals surface area contributed by atoms with Gasteiger partial charge in [-0.05, 0) is 17.5 Å². The van der Waals surface area contributed by atoms with Crippen molar-refractivity contribution in [3.05, 3.63) is 34.3 Å². The number of thioether (sulfide) groups is 1. The Bertz CT molecular complexity index is 444. The van der Waals surface area contributed by atoms with Crippen LogP contribution in [0.2, 0.25) is 0 Å². The zero-order valence-electron chi connectivity index (χ0n) is 11.5. The predicted octanol–water partition coefficient (Wildman–Crippen LogP) is 4.45. The summed E-state index contributed by atoms with van der Waals surface area (Å²) in [5.74, 6) is 0.788. The first-order valence-electron chi connectivity index (χ1n) is 6.93. The van der Waals surface area contributed by atoms with Gasteiger partial charge in [0.1, 0.15) is 0 Å². The van der Waals surface area contributed by atoms with Crippen LogP contribution in [0.5, 0.6) is 0 Å². The molecule has 1 aliphatic rings. The molecule has 1 unspecified atom stereocenters. The van der Waals surface area contributed by atoms with Crippen molar-refractivity contribution in [3.63, 3.8) is 0 Å². The lowest BCUT2D eigenvalue weighted by atomic mass is 9.99. The minimum atomic E-state index is 0.664. The average Bonchev–Trinajstić information content (AvgIpc) is 2.88. The van der Waals surface area contributed by atoms with Crippen molar-refractivity contribution < 1.29 is 0 Å². The van der Waals surface area contributed by atoms with Crippen LogP contribution in [-0.2, 0) is 6.54 Å². The largest absolute Gasteiger partial charge is 0.361 e. The van der Waals surface area contributed by atoms with E-state index in [4.69, 9.17) is 0 Å². The van der Waals surface area contributed by atoms with Crippen LogP contribution in [0.1, 0.15) is 32.3 Å². The molecule has 0 saturated carbocycles. The van der Waals surface area contributed by atoms with Gasteiger partial charge in [-0.15, -0.1) is 0 Å². The Morgan fingerprint density at radius 3 is 2.79 bits per heavy atom. The van der Waals surface area contributed by atoms with Crippen LogP contribution in [0.25, 0.3) is 0 Å². The van der Waals surface area contributed by atoms with E-state index < -0.39 is 0 Å². The standard InChI is InChI=1S/C15H21BrN2S/c1-3-11(4-2)14-10-18-15(19-14)17-9-12-7-5-6-8-13(12)16/h5-8,11,14H,3-4,9-10H2,1-2H3,(H,17,18). The summed E-state index contributed by atoms with van der Waals surface area (Å²) < 4.78 is 1.16. The number of nitrogens with zero attached hydrogens (tertiary/aromatic N) is 1. The van der Waals surface area contributed by atoms with E-state index in [-0.39, 0.29) is 0 Å². The quantitative estimate of drug-likeness (QED) is 0.856. The van der Waals surface area contributed by atoms with Crippen molar-refractivity contribution in [3.8, 4) is 0 Å². The van der Waals surface area contributed by atoms with Crippen LogP contribution < -0.4 is 5.32 Å². The van der Waals surface area contributed by atoms with Crippen LogP contribution in [-0.4, -0.2) is 17.0 Å². The molecular weight excluding hydrogens is 320 g/mol. The Morgan fingerprint density at radius 1 is 1.37 bits per heavy atom. The SMILES string of the molecule is CCC(CC)C1CN=C(NCc2ccccc2Br)S1. The predicted molar refractivity (Wildman–Crippen MR) is 88.7 cm³/mol. The van der Waals surface area contributed by atoms with Gasteiger partial charge in [0.2, 0.25) is 0 Å². The zero-order valence-corrected chi connectivity index (χ0v) is 13.9. The number of amidine groups is 1. The smallest absolute Gasteiger partial charge is 0.157 e. The third kappa shape index (κ3) is 3.99. The summed E-state index contributed by atoms with van der Waals surface area (Å²) in [4.78, 5) is 4.63. The van der Waals surface area contributed by atoms with E-state index in [0.717, 1.165) is 28.6 Å². The number of aliphatic imine (C=N–C) groups is 1. The zero-order chi connectivity index (χ0) is 13.7.